The van der Waals surface area contributed by atoms with Gasteiger partial charge in [-0.25, -0.2) is 4.68 Å². The van der Waals surface area contributed by atoms with Gasteiger partial charge in [0.2, 0.25) is 5.91 Å². The number of fused-ring (bicyclic) bond motifs is 1. The lowest BCUT2D eigenvalue weighted by Gasteiger charge is -2.32. The van der Waals surface area contributed by atoms with E-state index in [0.717, 1.165) is 66.4 Å². The highest BCUT2D eigenvalue weighted by Gasteiger charge is 2.27. The quantitative estimate of drug-likeness (QED) is 0.550. The van der Waals surface area contributed by atoms with Gasteiger partial charge in [-0.15, -0.1) is 5.10 Å². The molecule has 1 atom stereocenters. The van der Waals surface area contributed by atoms with Crippen LogP contribution in [0.2, 0.25) is 0 Å². The summed E-state index contributed by atoms with van der Waals surface area (Å²) in [5.41, 5.74) is 4.79. The molecule has 2 aromatic heterocycles. The Kier molecular flexibility index (Phi) is 6.83. The van der Waals surface area contributed by atoms with E-state index in [1.807, 2.05) is 42.8 Å². The predicted molar refractivity (Wildman–Crippen MR) is 127 cm³/mol. The number of amides is 1. The smallest absolute Gasteiger partial charge is 0.224 e. The number of piperidine rings is 1. The number of methoxy groups -OCH3 is 1. The summed E-state index contributed by atoms with van der Waals surface area (Å²) in [6, 6.07) is 8.14. The molecule has 0 radical (unpaired) electrons. The van der Waals surface area contributed by atoms with Crippen molar-refractivity contribution in [1.29, 1.82) is 0 Å². The molecular formula is C25H32N6O4. The molecule has 35 heavy (non-hydrogen) atoms. The van der Waals surface area contributed by atoms with Gasteiger partial charge in [-0.3, -0.25) is 9.69 Å². The van der Waals surface area contributed by atoms with Crippen LogP contribution in [-0.2, 0) is 35.6 Å². The van der Waals surface area contributed by atoms with E-state index < -0.39 is 0 Å². The van der Waals surface area contributed by atoms with Crippen LogP contribution in [-0.4, -0.2) is 57.2 Å². The van der Waals surface area contributed by atoms with Crippen LogP contribution >= 0.6 is 0 Å². The second-order valence-corrected chi connectivity index (χ2v) is 9.34. The molecule has 1 fully saturated rings. The van der Waals surface area contributed by atoms with Crippen molar-refractivity contribution in [2.24, 2.45) is 0 Å². The number of likely N-dealkylation sites (tertiary alicyclic amines) is 1. The molecule has 2 aliphatic rings. The normalized spacial score (nSPS) is 18.9. The first kappa shape index (κ1) is 23.5. The minimum Gasteiger partial charge on any atom is -0.497 e. The van der Waals surface area contributed by atoms with E-state index in [4.69, 9.17) is 14.0 Å². The average Bonchev–Trinajstić information content (AvgIpc) is 3.42. The summed E-state index contributed by atoms with van der Waals surface area (Å²) in [4.78, 5) is 14.9. The number of nitrogens with zero attached hydrogens (tertiary/aromatic N) is 5. The van der Waals surface area contributed by atoms with E-state index in [1.54, 1.807) is 7.11 Å². The first-order valence-corrected chi connectivity index (χ1v) is 12.1. The highest BCUT2D eigenvalue weighted by atomic mass is 16.5. The standard InChI is InChI=1S/C25H32N6O4/c1-16-21(17(2)35-28-16)12-25(32)26-19-8-10-30(11-9-19)13-22-23-15-34-24(14-31(23)29-27-22)18-4-6-20(33-3)7-5-18/h4-7,19,24H,8-15H2,1-3H3,(H,26,32). The van der Waals surface area contributed by atoms with E-state index in [1.165, 1.54) is 0 Å². The first-order chi connectivity index (χ1) is 17.0. The molecule has 1 aromatic carbocycles. The third kappa shape index (κ3) is 5.23. The molecular weight excluding hydrogens is 448 g/mol. The van der Waals surface area contributed by atoms with Crippen LogP contribution in [0.4, 0.5) is 0 Å². The molecule has 0 aliphatic carbocycles. The van der Waals surface area contributed by atoms with Crippen molar-refractivity contribution in [3.8, 4) is 5.75 Å². The maximum atomic E-state index is 12.5. The first-order valence-electron chi connectivity index (χ1n) is 12.1. The van der Waals surface area contributed by atoms with Gasteiger partial charge in [0.1, 0.15) is 23.3 Å². The largest absolute Gasteiger partial charge is 0.497 e. The van der Waals surface area contributed by atoms with Crippen molar-refractivity contribution in [2.75, 3.05) is 20.2 Å². The summed E-state index contributed by atoms with van der Waals surface area (Å²) >= 11 is 0. The summed E-state index contributed by atoms with van der Waals surface area (Å²) in [5, 5.41) is 16.0. The summed E-state index contributed by atoms with van der Waals surface area (Å²) in [7, 11) is 1.66. The second-order valence-electron chi connectivity index (χ2n) is 9.34. The fraction of sp³-hybridized carbons (Fsp3) is 0.520. The van der Waals surface area contributed by atoms with Crippen LogP contribution < -0.4 is 10.1 Å². The van der Waals surface area contributed by atoms with E-state index in [-0.39, 0.29) is 18.1 Å². The van der Waals surface area contributed by atoms with Gasteiger partial charge in [0.05, 0.1) is 38.1 Å². The zero-order valence-corrected chi connectivity index (χ0v) is 20.5. The summed E-state index contributed by atoms with van der Waals surface area (Å²) < 4.78 is 18.5. The molecule has 1 saturated heterocycles. The molecule has 3 aromatic rings. The molecule has 186 valence electrons. The molecule has 1 N–H and O–H groups in total. The maximum absolute atomic E-state index is 12.5. The Labute approximate surface area is 204 Å². The highest BCUT2D eigenvalue weighted by molar-refractivity contribution is 5.79. The molecule has 10 nitrogen and oxygen atoms in total. The number of carbonyl (C=O) groups is 1. The third-order valence-corrected chi connectivity index (χ3v) is 7.01. The van der Waals surface area contributed by atoms with Gasteiger partial charge in [0.25, 0.3) is 0 Å². The maximum Gasteiger partial charge on any atom is 0.224 e. The van der Waals surface area contributed by atoms with Crippen LogP contribution in [0.25, 0.3) is 0 Å². The van der Waals surface area contributed by atoms with Gasteiger partial charge in [-0.05, 0) is 44.4 Å². The molecule has 0 bridgehead atoms. The Bertz CT molecular complexity index is 1140. The number of aromatic nitrogens is 4. The molecule has 4 heterocycles. The van der Waals surface area contributed by atoms with Gasteiger partial charge in [-0.1, -0.05) is 22.5 Å². The van der Waals surface area contributed by atoms with Crippen molar-refractivity contribution in [3.63, 3.8) is 0 Å². The summed E-state index contributed by atoms with van der Waals surface area (Å²) in [5.74, 6) is 1.56. The van der Waals surface area contributed by atoms with Gasteiger partial charge in [0.15, 0.2) is 0 Å². The van der Waals surface area contributed by atoms with E-state index in [2.05, 4.69) is 25.7 Å². The lowest BCUT2D eigenvalue weighted by atomic mass is 10.0. The van der Waals surface area contributed by atoms with E-state index >= 15 is 0 Å². The van der Waals surface area contributed by atoms with Crippen molar-refractivity contribution < 1.29 is 18.8 Å². The molecule has 0 spiro atoms. The lowest BCUT2D eigenvalue weighted by molar-refractivity contribution is -0.121. The Hall–Kier alpha value is -3.24. The number of aryl methyl sites for hydroxylation is 2. The third-order valence-electron chi connectivity index (χ3n) is 7.01. The SMILES string of the molecule is COc1ccc(C2Cn3nnc(CN4CCC(NC(=O)Cc5c(C)noc5C)CC4)c3CO2)cc1. The Morgan fingerprint density at radius 2 is 1.97 bits per heavy atom. The average molecular weight is 481 g/mol. The van der Waals surface area contributed by atoms with Crippen molar-refractivity contribution in [3.05, 3.63) is 58.2 Å². The minimum absolute atomic E-state index is 0.0220. The Morgan fingerprint density at radius 1 is 1.20 bits per heavy atom. The Morgan fingerprint density at radius 3 is 2.66 bits per heavy atom. The fourth-order valence-corrected chi connectivity index (χ4v) is 4.85. The van der Waals surface area contributed by atoms with Crippen molar-refractivity contribution in [2.45, 2.75) is 65.0 Å². The number of benzene rings is 1. The Balaban J connectivity index is 1.11. The number of carbonyl (C=O) groups excluding carboxylic acids is 1. The number of hydrogen-bond donors (Lipinski definition) is 1. The van der Waals surface area contributed by atoms with Crippen LogP contribution in [0, 0.1) is 13.8 Å². The van der Waals surface area contributed by atoms with E-state index in [9.17, 15) is 4.79 Å². The zero-order valence-electron chi connectivity index (χ0n) is 20.5. The van der Waals surface area contributed by atoms with Gasteiger partial charge >= 0.3 is 0 Å². The molecule has 5 rings (SSSR count). The topological polar surface area (TPSA) is 108 Å². The molecule has 0 saturated carbocycles. The number of rotatable bonds is 7. The lowest BCUT2D eigenvalue weighted by Crippen LogP contribution is -2.45. The number of nitrogens with one attached hydrogen (secondary N) is 1. The van der Waals surface area contributed by atoms with Crippen molar-refractivity contribution in [1.82, 2.24) is 30.4 Å². The zero-order chi connectivity index (χ0) is 24.4. The highest BCUT2D eigenvalue weighted by Crippen LogP contribution is 2.28. The molecule has 1 amide bonds. The molecule has 10 heteroatoms. The summed E-state index contributed by atoms with van der Waals surface area (Å²) in [6.07, 6.45) is 2.08. The summed E-state index contributed by atoms with van der Waals surface area (Å²) in [6.45, 7) is 7.39. The van der Waals surface area contributed by atoms with Gasteiger partial charge < -0.3 is 19.3 Å². The van der Waals surface area contributed by atoms with Gasteiger partial charge in [0, 0.05) is 31.2 Å². The van der Waals surface area contributed by atoms with Gasteiger partial charge in [-0.2, -0.15) is 0 Å². The van der Waals surface area contributed by atoms with Crippen molar-refractivity contribution >= 4 is 5.91 Å². The van der Waals surface area contributed by atoms with Crippen LogP contribution in [0.15, 0.2) is 28.8 Å². The monoisotopic (exact) mass is 480 g/mol. The number of ether oxygens (including phenoxy) is 2. The van der Waals surface area contributed by atoms with Crippen LogP contribution in [0.5, 0.6) is 5.75 Å². The second kappa shape index (κ2) is 10.2. The van der Waals surface area contributed by atoms with E-state index in [0.29, 0.717) is 25.3 Å². The van der Waals surface area contributed by atoms with Crippen LogP contribution in [0.1, 0.15) is 52.9 Å². The number of hydrogen-bond acceptors (Lipinski definition) is 8. The molecule has 1 unspecified atom stereocenters. The minimum atomic E-state index is -0.0484. The van der Waals surface area contributed by atoms with Crippen LogP contribution in [0.3, 0.4) is 0 Å². The fourth-order valence-electron chi connectivity index (χ4n) is 4.85. The molecule has 2 aliphatic heterocycles. The predicted octanol–water partition coefficient (Wildman–Crippen LogP) is 2.49.